The molecule has 0 aromatic heterocycles. The lowest BCUT2D eigenvalue weighted by Gasteiger charge is -2.19. The van der Waals surface area contributed by atoms with E-state index in [0.717, 1.165) is 25.7 Å². The van der Waals surface area contributed by atoms with E-state index < -0.39 is 24.3 Å². The molecular weight excluding hydrogens is 320 g/mol. The van der Waals surface area contributed by atoms with Crippen LogP contribution >= 0.6 is 0 Å². The van der Waals surface area contributed by atoms with Gasteiger partial charge in [-0.2, -0.15) is 0 Å². The van der Waals surface area contributed by atoms with E-state index in [1.165, 1.54) is 0 Å². The standard InChI is InChI=1S/C20H34O5/c1-2-3-6-9-15(21)12-13-17-16(18(22)14-19(17)23)10-7-4-5-8-11-20(24)25/h4,7,12-13,15-19,21-23H,2-3,5-6,8-11,14H2,1H3,(H,24,25)/b7-4-,13-12+/t15-,16+,17-,18+,19-/m0/s1. The van der Waals surface area contributed by atoms with Crippen LogP contribution < -0.4 is 0 Å². The summed E-state index contributed by atoms with van der Waals surface area (Å²) in [5.41, 5.74) is 0. The van der Waals surface area contributed by atoms with Crippen molar-refractivity contribution < 1.29 is 25.2 Å². The van der Waals surface area contributed by atoms with Gasteiger partial charge >= 0.3 is 5.97 Å². The Bertz CT molecular complexity index is 432. The van der Waals surface area contributed by atoms with Crippen LogP contribution in [0, 0.1) is 11.8 Å². The van der Waals surface area contributed by atoms with E-state index in [-0.39, 0.29) is 18.3 Å². The van der Waals surface area contributed by atoms with Crippen molar-refractivity contribution in [3.63, 3.8) is 0 Å². The molecule has 5 heteroatoms. The number of unbranched alkanes of at least 4 members (excludes halogenated alkanes) is 3. The van der Waals surface area contributed by atoms with E-state index in [9.17, 15) is 20.1 Å². The number of carbonyl (C=O) groups is 1. The van der Waals surface area contributed by atoms with Crippen LogP contribution in [-0.4, -0.2) is 44.7 Å². The molecule has 0 heterocycles. The third kappa shape index (κ3) is 8.66. The molecule has 25 heavy (non-hydrogen) atoms. The summed E-state index contributed by atoms with van der Waals surface area (Å²) in [4.78, 5) is 10.5. The molecule has 0 spiro atoms. The molecule has 1 fully saturated rings. The lowest BCUT2D eigenvalue weighted by atomic mass is 9.89. The summed E-state index contributed by atoms with van der Waals surface area (Å²) in [6.07, 6.45) is 12.3. The Balaban J connectivity index is 2.46. The molecule has 5 nitrogen and oxygen atoms in total. The number of hydrogen-bond donors (Lipinski definition) is 4. The van der Waals surface area contributed by atoms with E-state index in [2.05, 4.69) is 6.92 Å². The Labute approximate surface area is 151 Å². The molecule has 0 saturated heterocycles. The first-order valence-electron chi connectivity index (χ1n) is 9.55. The maximum Gasteiger partial charge on any atom is 0.303 e. The van der Waals surface area contributed by atoms with E-state index in [1.54, 1.807) is 6.08 Å². The van der Waals surface area contributed by atoms with Crippen molar-refractivity contribution in [1.82, 2.24) is 0 Å². The maximum atomic E-state index is 10.5. The minimum Gasteiger partial charge on any atom is -0.481 e. The lowest BCUT2D eigenvalue weighted by Crippen LogP contribution is -2.20. The molecule has 1 rings (SSSR count). The first kappa shape index (κ1) is 21.9. The van der Waals surface area contributed by atoms with Gasteiger partial charge in [-0.05, 0) is 31.6 Å². The Morgan fingerprint density at radius 3 is 2.60 bits per heavy atom. The molecular formula is C20H34O5. The molecule has 4 N–H and O–H groups in total. The smallest absolute Gasteiger partial charge is 0.303 e. The zero-order valence-electron chi connectivity index (χ0n) is 15.3. The minimum absolute atomic E-state index is 0.0650. The summed E-state index contributed by atoms with van der Waals surface area (Å²) in [5.74, 6) is -1.00. The zero-order chi connectivity index (χ0) is 18.7. The van der Waals surface area contributed by atoms with Crippen LogP contribution in [0.3, 0.4) is 0 Å². The third-order valence-corrected chi connectivity index (χ3v) is 4.91. The first-order chi connectivity index (χ1) is 12.0. The molecule has 1 saturated carbocycles. The third-order valence-electron chi connectivity index (χ3n) is 4.91. The average Bonchev–Trinajstić information content (AvgIpc) is 2.82. The molecule has 0 aliphatic heterocycles. The van der Waals surface area contributed by atoms with Crippen molar-refractivity contribution >= 4 is 5.97 Å². The molecule has 5 atom stereocenters. The number of aliphatic carboxylic acids is 1. The maximum absolute atomic E-state index is 10.5. The van der Waals surface area contributed by atoms with Crippen LogP contribution in [0.5, 0.6) is 0 Å². The summed E-state index contributed by atoms with van der Waals surface area (Å²) in [6, 6.07) is 0. The second-order valence-electron chi connectivity index (χ2n) is 7.05. The van der Waals surface area contributed by atoms with E-state index in [0.29, 0.717) is 25.7 Å². The fraction of sp³-hybridized carbons (Fsp3) is 0.750. The summed E-state index contributed by atoms with van der Waals surface area (Å²) in [7, 11) is 0. The molecule has 1 aliphatic carbocycles. The van der Waals surface area contributed by atoms with Crippen LogP contribution in [-0.2, 0) is 4.79 Å². The van der Waals surface area contributed by atoms with Crippen molar-refractivity contribution in [3.8, 4) is 0 Å². The quantitative estimate of drug-likeness (QED) is 0.319. The zero-order valence-corrected chi connectivity index (χ0v) is 15.3. The van der Waals surface area contributed by atoms with Crippen molar-refractivity contribution in [3.05, 3.63) is 24.3 Å². The van der Waals surface area contributed by atoms with Gasteiger partial charge in [-0.15, -0.1) is 0 Å². The molecule has 1 aliphatic rings. The number of carboxylic acid groups (broad SMARTS) is 1. The molecule has 144 valence electrons. The summed E-state index contributed by atoms with van der Waals surface area (Å²) < 4.78 is 0. The van der Waals surface area contributed by atoms with Crippen molar-refractivity contribution in [2.45, 2.75) is 83.0 Å². The van der Waals surface area contributed by atoms with E-state index >= 15 is 0 Å². The molecule has 0 radical (unpaired) electrons. The van der Waals surface area contributed by atoms with Crippen LogP contribution in [0.4, 0.5) is 0 Å². The monoisotopic (exact) mass is 354 g/mol. The van der Waals surface area contributed by atoms with Gasteiger partial charge in [-0.1, -0.05) is 50.5 Å². The number of aliphatic hydroxyl groups is 3. The fourth-order valence-corrected chi connectivity index (χ4v) is 3.41. The minimum atomic E-state index is -0.787. The van der Waals surface area contributed by atoms with Crippen LogP contribution in [0.25, 0.3) is 0 Å². The van der Waals surface area contributed by atoms with Gasteiger partial charge in [0, 0.05) is 18.8 Å². The second kappa shape index (κ2) is 12.2. The SMILES string of the molecule is CCCCC[C@H](O)/C=C/[C@H]1[C@@H](C/C=C\CCCC(=O)O)[C@H](O)C[C@@H]1O. The van der Waals surface area contributed by atoms with Gasteiger partial charge in [0.1, 0.15) is 0 Å². The number of rotatable bonds is 12. The molecule has 0 bridgehead atoms. The van der Waals surface area contributed by atoms with Gasteiger partial charge in [0.25, 0.3) is 0 Å². The van der Waals surface area contributed by atoms with Crippen LogP contribution in [0.15, 0.2) is 24.3 Å². The molecule has 0 unspecified atom stereocenters. The highest BCUT2D eigenvalue weighted by Crippen LogP contribution is 2.36. The highest BCUT2D eigenvalue weighted by Gasteiger charge is 2.39. The Morgan fingerprint density at radius 1 is 1.16 bits per heavy atom. The normalized spacial score (nSPS) is 28.2. The fourth-order valence-electron chi connectivity index (χ4n) is 3.41. The highest BCUT2D eigenvalue weighted by molar-refractivity contribution is 5.66. The second-order valence-corrected chi connectivity index (χ2v) is 7.05. The van der Waals surface area contributed by atoms with Gasteiger partial charge in [0.05, 0.1) is 18.3 Å². The first-order valence-corrected chi connectivity index (χ1v) is 9.55. The number of allylic oxidation sites excluding steroid dienone is 2. The number of aliphatic hydroxyl groups excluding tert-OH is 3. The van der Waals surface area contributed by atoms with Crippen LogP contribution in [0.1, 0.15) is 64.7 Å². The predicted octanol–water partition coefficient (Wildman–Crippen LogP) is 3.04. The van der Waals surface area contributed by atoms with Crippen molar-refractivity contribution in [2.75, 3.05) is 0 Å². The van der Waals surface area contributed by atoms with Gasteiger partial charge < -0.3 is 20.4 Å². The van der Waals surface area contributed by atoms with E-state index in [1.807, 2.05) is 18.2 Å². The van der Waals surface area contributed by atoms with Gasteiger partial charge in [-0.25, -0.2) is 0 Å². The van der Waals surface area contributed by atoms with Crippen molar-refractivity contribution in [2.24, 2.45) is 11.8 Å². The topological polar surface area (TPSA) is 98.0 Å². The molecule has 0 aromatic carbocycles. The van der Waals surface area contributed by atoms with Gasteiger partial charge in [0.15, 0.2) is 0 Å². The predicted molar refractivity (Wildman–Crippen MR) is 98.1 cm³/mol. The van der Waals surface area contributed by atoms with Crippen LogP contribution in [0.2, 0.25) is 0 Å². The van der Waals surface area contributed by atoms with Gasteiger partial charge in [0.2, 0.25) is 0 Å². The molecule has 0 aromatic rings. The average molecular weight is 354 g/mol. The largest absolute Gasteiger partial charge is 0.481 e. The lowest BCUT2D eigenvalue weighted by molar-refractivity contribution is -0.137. The Morgan fingerprint density at radius 2 is 1.92 bits per heavy atom. The van der Waals surface area contributed by atoms with Crippen molar-refractivity contribution in [1.29, 1.82) is 0 Å². The summed E-state index contributed by atoms with van der Waals surface area (Å²) in [6.45, 7) is 2.12. The van der Waals surface area contributed by atoms with E-state index in [4.69, 9.17) is 5.11 Å². The number of carboxylic acids is 1. The Kier molecular flexibility index (Phi) is 10.7. The summed E-state index contributed by atoms with van der Waals surface area (Å²) in [5, 5.41) is 39.0. The number of hydrogen-bond acceptors (Lipinski definition) is 4. The highest BCUT2D eigenvalue weighted by atomic mass is 16.4. The van der Waals surface area contributed by atoms with Gasteiger partial charge in [-0.3, -0.25) is 4.79 Å². The Hall–Kier alpha value is -1.17. The molecule has 0 amide bonds. The summed E-state index contributed by atoms with van der Waals surface area (Å²) >= 11 is 0.